The summed E-state index contributed by atoms with van der Waals surface area (Å²) in [4.78, 5) is 16.0. The standard InChI is InChI=1S/C17H12BrNO2/c1-11(20)21-17-10-16(12-5-3-2-4-6-12)19-15-8-7-13(18)9-14(15)17/h2-10H,1H3. The normalized spacial score (nSPS) is 10.6. The van der Waals surface area contributed by atoms with Crippen LogP contribution in [-0.2, 0) is 4.79 Å². The number of rotatable bonds is 2. The Kier molecular flexibility index (Phi) is 3.71. The van der Waals surface area contributed by atoms with Crippen LogP contribution in [0.5, 0.6) is 5.75 Å². The van der Waals surface area contributed by atoms with Gasteiger partial charge in [0.15, 0.2) is 0 Å². The fraction of sp³-hybridized carbons (Fsp3) is 0.0588. The van der Waals surface area contributed by atoms with E-state index in [2.05, 4.69) is 20.9 Å². The lowest BCUT2D eigenvalue weighted by Crippen LogP contribution is -2.02. The highest BCUT2D eigenvalue weighted by molar-refractivity contribution is 9.10. The van der Waals surface area contributed by atoms with Crippen molar-refractivity contribution in [2.75, 3.05) is 0 Å². The van der Waals surface area contributed by atoms with E-state index in [9.17, 15) is 4.79 Å². The molecule has 1 heterocycles. The van der Waals surface area contributed by atoms with Gasteiger partial charge >= 0.3 is 5.97 Å². The lowest BCUT2D eigenvalue weighted by Gasteiger charge is -2.09. The van der Waals surface area contributed by atoms with Crippen LogP contribution in [0.1, 0.15) is 6.92 Å². The third-order valence-electron chi connectivity index (χ3n) is 3.06. The van der Waals surface area contributed by atoms with Crippen LogP contribution in [0.15, 0.2) is 59.1 Å². The molecule has 2 aromatic carbocycles. The number of esters is 1. The third kappa shape index (κ3) is 2.95. The number of pyridine rings is 1. The van der Waals surface area contributed by atoms with Gasteiger partial charge < -0.3 is 4.74 Å². The van der Waals surface area contributed by atoms with Crippen molar-refractivity contribution in [3.63, 3.8) is 0 Å². The molecule has 0 amide bonds. The van der Waals surface area contributed by atoms with Gasteiger partial charge in [0.25, 0.3) is 0 Å². The minimum atomic E-state index is -0.346. The topological polar surface area (TPSA) is 39.2 Å². The minimum absolute atomic E-state index is 0.346. The predicted molar refractivity (Wildman–Crippen MR) is 86.2 cm³/mol. The highest BCUT2D eigenvalue weighted by Gasteiger charge is 2.10. The average molecular weight is 342 g/mol. The van der Waals surface area contributed by atoms with E-state index in [1.54, 1.807) is 6.07 Å². The molecule has 3 nitrogen and oxygen atoms in total. The quantitative estimate of drug-likeness (QED) is 0.640. The van der Waals surface area contributed by atoms with Crippen LogP contribution in [0.25, 0.3) is 22.2 Å². The molecule has 0 radical (unpaired) electrons. The number of fused-ring (bicyclic) bond motifs is 1. The maximum absolute atomic E-state index is 11.3. The number of carbonyl (C=O) groups excluding carboxylic acids is 1. The van der Waals surface area contributed by atoms with Crippen molar-refractivity contribution < 1.29 is 9.53 Å². The number of aromatic nitrogens is 1. The molecule has 0 N–H and O–H groups in total. The van der Waals surface area contributed by atoms with Crippen LogP contribution in [-0.4, -0.2) is 11.0 Å². The number of ether oxygens (including phenoxy) is 1. The van der Waals surface area contributed by atoms with Crippen LogP contribution in [0, 0.1) is 0 Å². The number of benzene rings is 2. The molecule has 0 fully saturated rings. The summed E-state index contributed by atoms with van der Waals surface area (Å²) in [6.07, 6.45) is 0. The number of nitrogens with zero attached hydrogens (tertiary/aromatic N) is 1. The van der Waals surface area contributed by atoms with E-state index in [4.69, 9.17) is 4.74 Å². The van der Waals surface area contributed by atoms with Gasteiger partial charge in [0, 0.05) is 28.4 Å². The van der Waals surface area contributed by atoms with Crippen LogP contribution in [0.4, 0.5) is 0 Å². The summed E-state index contributed by atoms with van der Waals surface area (Å²) in [5.41, 5.74) is 2.55. The molecule has 0 spiro atoms. The highest BCUT2D eigenvalue weighted by atomic mass is 79.9. The van der Waals surface area contributed by atoms with Crippen molar-refractivity contribution in [3.8, 4) is 17.0 Å². The maximum atomic E-state index is 11.3. The largest absolute Gasteiger partial charge is 0.426 e. The Labute approximate surface area is 130 Å². The lowest BCUT2D eigenvalue weighted by molar-refractivity contribution is -0.131. The van der Waals surface area contributed by atoms with Gasteiger partial charge in [-0.1, -0.05) is 46.3 Å². The monoisotopic (exact) mass is 341 g/mol. The van der Waals surface area contributed by atoms with Crippen molar-refractivity contribution in [3.05, 3.63) is 59.1 Å². The van der Waals surface area contributed by atoms with Crippen molar-refractivity contribution in [1.29, 1.82) is 0 Å². The summed E-state index contributed by atoms with van der Waals surface area (Å²) >= 11 is 3.43. The number of hydrogen-bond donors (Lipinski definition) is 0. The molecule has 0 saturated heterocycles. The Bertz CT molecular complexity index is 816. The van der Waals surface area contributed by atoms with Crippen LogP contribution >= 0.6 is 15.9 Å². The summed E-state index contributed by atoms with van der Waals surface area (Å²) < 4.78 is 6.26. The zero-order valence-electron chi connectivity index (χ0n) is 11.3. The molecular formula is C17H12BrNO2. The van der Waals surface area contributed by atoms with E-state index in [1.807, 2.05) is 48.5 Å². The summed E-state index contributed by atoms with van der Waals surface area (Å²) in [5, 5.41) is 0.805. The fourth-order valence-electron chi connectivity index (χ4n) is 2.16. The van der Waals surface area contributed by atoms with Gasteiger partial charge in [0.1, 0.15) is 5.75 Å². The van der Waals surface area contributed by atoms with E-state index in [-0.39, 0.29) is 5.97 Å². The lowest BCUT2D eigenvalue weighted by atomic mass is 10.1. The molecule has 0 unspecified atom stereocenters. The van der Waals surface area contributed by atoms with Gasteiger partial charge in [-0.25, -0.2) is 4.98 Å². The number of hydrogen-bond acceptors (Lipinski definition) is 3. The second kappa shape index (κ2) is 5.66. The van der Waals surface area contributed by atoms with Crippen molar-refractivity contribution in [2.24, 2.45) is 0 Å². The third-order valence-corrected chi connectivity index (χ3v) is 3.55. The van der Waals surface area contributed by atoms with E-state index in [0.717, 1.165) is 26.6 Å². The van der Waals surface area contributed by atoms with E-state index < -0.39 is 0 Å². The molecule has 0 aliphatic carbocycles. The molecule has 0 bridgehead atoms. The first kappa shape index (κ1) is 13.8. The Morgan fingerprint density at radius 3 is 2.57 bits per heavy atom. The molecule has 4 heteroatoms. The maximum Gasteiger partial charge on any atom is 0.308 e. The van der Waals surface area contributed by atoms with Gasteiger partial charge in [-0.3, -0.25) is 4.79 Å². The molecule has 0 aliphatic heterocycles. The fourth-order valence-corrected chi connectivity index (χ4v) is 2.52. The smallest absolute Gasteiger partial charge is 0.308 e. The van der Waals surface area contributed by atoms with E-state index in [0.29, 0.717) is 5.75 Å². The number of halogens is 1. The van der Waals surface area contributed by atoms with Gasteiger partial charge in [0.05, 0.1) is 11.2 Å². The molecule has 0 aliphatic rings. The van der Waals surface area contributed by atoms with Crippen LogP contribution in [0.2, 0.25) is 0 Å². The summed E-state index contributed by atoms with van der Waals surface area (Å²) in [7, 11) is 0. The Balaban J connectivity index is 2.24. The first-order valence-electron chi connectivity index (χ1n) is 6.47. The summed E-state index contributed by atoms with van der Waals surface area (Å²) in [6, 6.07) is 17.3. The van der Waals surface area contributed by atoms with E-state index in [1.165, 1.54) is 6.92 Å². The van der Waals surface area contributed by atoms with Gasteiger partial charge in [-0.2, -0.15) is 0 Å². The SMILES string of the molecule is CC(=O)Oc1cc(-c2ccccc2)nc2ccc(Br)cc12. The molecule has 1 aromatic heterocycles. The van der Waals surface area contributed by atoms with E-state index >= 15 is 0 Å². The average Bonchev–Trinajstić information content (AvgIpc) is 2.48. The zero-order valence-corrected chi connectivity index (χ0v) is 12.9. The first-order chi connectivity index (χ1) is 10.1. The number of carbonyl (C=O) groups is 1. The Morgan fingerprint density at radius 2 is 1.86 bits per heavy atom. The Morgan fingerprint density at radius 1 is 1.10 bits per heavy atom. The molecule has 3 aromatic rings. The van der Waals surface area contributed by atoms with Gasteiger partial charge in [-0.15, -0.1) is 0 Å². The molecule has 104 valence electrons. The first-order valence-corrected chi connectivity index (χ1v) is 7.27. The second-order valence-electron chi connectivity index (χ2n) is 4.63. The van der Waals surface area contributed by atoms with Crippen molar-refractivity contribution in [1.82, 2.24) is 4.98 Å². The Hall–Kier alpha value is -2.20. The molecule has 3 rings (SSSR count). The molecule has 0 saturated carbocycles. The second-order valence-corrected chi connectivity index (χ2v) is 5.54. The zero-order chi connectivity index (χ0) is 14.8. The molecule has 21 heavy (non-hydrogen) atoms. The van der Waals surface area contributed by atoms with Crippen LogP contribution < -0.4 is 4.74 Å². The predicted octanol–water partition coefficient (Wildman–Crippen LogP) is 4.59. The van der Waals surface area contributed by atoms with Crippen molar-refractivity contribution in [2.45, 2.75) is 6.92 Å². The highest BCUT2D eigenvalue weighted by Crippen LogP contribution is 2.31. The van der Waals surface area contributed by atoms with Gasteiger partial charge in [-0.05, 0) is 18.2 Å². The van der Waals surface area contributed by atoms with Crippen LogP contribution in [0.3, 0.4) is 0 Å². The molecular weight excluding hydrogens is 330 g/mol. The summed E-state index contributed by atoms with van der Waals surface area (Å²) in [6.45, 7) is 1.40. The molecule has 0 atom stereocenters. The minimum Gasteiger partial charge on any atom is -0.426 e. The van der Waals surface area contributed by atoms with Gasteiger partial charge in [0.2, 0.25) is 0 Å². The van der Waals surface area contributed by atoms with Crippen molar-refractivity contribution >= 4 is 32.8 Å². The summed E-state index contributed by atoms with van der Waals surface area (Å²) in [5.74, 6) is 0.175.